The molecule has 1 N–H and O–H groups in total. The largest absolute Gasteiger partial charge is 0.360 e. The van der Waals surface area contributed by atoms with Gasteiger partial charge in [0.25, 0.3) is 5.91 Å². The molecule has 0 unspecified atom stereocenters. The Morgan fingerprint density at radius 1 is 1.13 bits per heavy atom. The van der Waals surface area contributed by atoms with Crippen molar-refractivity contribution in [3.63, 3.8) is 0 Å². The maximum absolute atomic E-state index is 13.7. The third kappa shape index (κ3) is 3.83. The van der Waals surface area contributed by atoms with E-state index < -0.39 is 0 Å². The average Bonchev–Trinajstić information content (AvgIpc) is 3.38. The molecule has 0 saturated heterocycles. The lowest BCUT2D eigenvalue weighted by Gasteiger charge is -2.24. The lowest BCUT2D eigenvalue weighted by Crippen LogP contribution is -2.38. The van der Waals surface area contributed by atoms with Gasteiger partial charge in [0.2, 0.25) is 0 Å². The van der Waals surface area contributed by atoms with Gasteiger partial charge in [-0.3, -0.25) is 9.69 Å². The number of aromatic nitrogens is 2. The predicted molar refractivity (Wildman–Crippen MR) is 127 cm³/mol. The molecule has 7 heteroatoms. The van der Waals surface area contributed by atoms with E-state index in [1.807, 2.05) is 48.2 Å². The van der Waals surface area contributed by atoms with Crippen molar-refractivity contribution >= 4 is 55.1 Å². The number of nitrogens with zero attached hydrogens (tertiary/aromatic N) is 3. The van der Waals surface area contributed by atoms with Crippen LogP contribution >= 0.6 is 22.9 Å². The van der Waals surface area contributed by atoms with Gasteiger partial charge in [0.1, 0.15) is 0 Å². The van der Waals surface area contributed by atoms with Crippen LogP contribution in [0.3, 0.4) is 0 Å². The maximum Gasteiger partial charge on any atom is 0.262 e. The molecule has 0 saturated carbocycles. The summed E-state index contributed by atoms with van der Waals surface area (Å²) in [4.78, 5) is 25.8. The molecule has 0 radical (unpaired) electrons. The van der Waals surface area contributed by atoms with Gasteiger partial charge in [-0.05, 0) is 43.8 Å². The molecule has 1 amide bonds. The summed E-state index contributed by atoms with van der Waals surface area (Å²) in [6.45, 7) is 9.50. The van der Waals surface area contributed by atoms with Crippen molar-refractivity contribution in [2.24, 2.45) is 0 Å². The molecule has 156 valence electrons. The molecule has 0 aliphatic carbocycles. The van der Waals surface area contributed by atoms with Gasteiger partial charge in [0.15, 0.2) is 5.13 Å². The smallest absolute Gasteiger partial charge is 0.262 e. The molecule has 0 atom stereocenters. The van der Waals surface area contributed by atoms with E-state index in [-0.39, 0.29) is 5.91 Å². The number of thiazole rings is 1. The second kappa shape index (κ2) is 8.76. The van der Waals surface area contributed by atoms with Crippen molar-refractivity contribution in [3.8, 4) is 0 Å². The quantitative estimate of drug-likeness (QED) is 0.399. The Bertz CT molecular complexity index is 1190. The highest BCUT2D eigenvalue weighted by Crippen LogP contribution is 2.34. The fourth-order valence-corrected chi connectivity index (χ4v) is 4.87. The lowest BCUT2D eigenvalue weighted by molar-refractivity contribution is 0.0985. The fourth-order valence-electron chi connectivity index (χ4n) is 3.66. The Balaban J connectivity index is 1.76. The van der Waals surface area contributed by atoms with Crippen molar-refractivity contribution in [1.82, 2.24) is 14.9 Å². The summed E-state index contributed by atoms with van der Waals surface area (Å²) < 4.78 is 1.03. The highest BCUT2D eigenvalue weighted by atomic mass is 35.5. The third-order valence-corrected chi connectivity index (χ3v) is 7.02. The molecule has 2 heterocycles. The topological polar surface area (TPSA) is 52.2 Å². The Morgan fingerprint density at radius 2 is 1.90 bits per heavy atom. The number of hydrogen-bond donors (Lipinski definition) is 1. The number of likely N-dealkylation sites (N-methyl/N-ethyl adjacent to an activating group) is 1. The van der Waals surface area contributed by atoms with E-state index in [0.717, 1.165) is 46.3 Å². The van der Waals surface area contributed by atoms with Crippen LogP contribution in [-0.2, 0) is 0 Å². The van der Waals surface area contributed by atoms with E-state index in [2.05, 4.69) is 23.7 Å². The zero-order valence-corrected chi connectivity index (χ0v) is 19.0. The zero-order valence-electron chi connectivity index (χ0n) is 17.4. The number of nitrogens with one attached hydrogen (secondary N) is 1. The number of H-pyrrole nitrogens is 1. The van der Waals surface area contributed by atoms with E-state index in [4.69, 9.17) is 16.6 Å². The fraction of sp³-hybridized carbons (Fsp3) is 0.304. The van der Waals surface area contributed by atoms with Crippen LogP contribution in [0.25, 0.3) is 21.1 Å². The first kappa shape index (κ1) is 20.8. The minimum atomic E-state index is -0.0394. The maximum atomic E-state index is 13.7. The van der Waals surface area contributed by atoms with Crippen LogP contribution in [0.15, 0.2) is 42.6 Å². The molecule has 2 aromatic heterocycles. The number of benzene rings is 2. The van der Waals surface area contributed by atoms with Crippen molar-refractivity contribution in [2.75, 3.05) is 31.1 Å². The number of rotatable bonds is 7. The first-order valence-corrected chi connectivity index (χ1v) is 11.4. The standard InChI is InChI=1S/C23H25ClN4OS/c1-4-27(5-2)12-13-28(22(29)17-14-25-19-9-7-6-8-16(17)19)23-26-21-15(3)18(24)10-11-20(21)30-23/h6-11,14,25H,4-5,12-13H2,1-3H3. The van der Waals surface area contributed by atoms with Crippen LogP contribution in [0, 0.1) is 6.92 Å². The number of aromatic amines is 1. The number of fused-ring (bicyclic) bond motifs is 2. The van der Waals surface area contributed by atoms with Gasteiger partial charge < -0.3 is 9.88 Å². The Hall–Kier alpha value is -2.41. The van der Waals surface area contributed by atoms with Gasteiger partial charge in [-0.2, -0.15) is 0 Å². The number of carbonyl (C=O) groups is 1. The van der Waals surface area contributed by atoms with Crippen LogP contribution in [0.1, 0.15) is 29.8 Å². The summed E-state index contributed by atoms with van der Waals surface area (Å²) in [7, 11) is 0. The van der Waals surface area contributed by atoms with Crippen molar-refractivity contribution in [1.29, 1.82) is 0 Å². The average molecular weight is 441 g/mol. The first-order valence-electron chi connectivity index (χ1n) is 10.2. The van der Waals surface area contributed by atoms with Crippen LogP contribution in [0.4, 0.5) is 5.13 Å². The number of hydrogen-bond acceptors (Lipinski definition) is 4. The Labute approximate surface area is 185 Å². The predicted octanol–water partition coefficient (Wildman–Crippen LogP) is 5.73. The van der Waals surface area contributed by atoms with Crippen LogP contribution in [0.5, 0.6) is 0 Å². The summed E-state index contributed by atoms with van der Waals surface area (Å²) in [6, 6.07) is 11.7. The number of halogens is 1. The Kier molecular flexibility index (Phi) is 6.09. The zero-order chi connectivity index (χ0) is 21.3. The van der Waals surface area contributed by atoms with Crippen molar-refractivity contribution in [3.05, 3.63) is 58.7 Å². The van der Waals surface area contributed by atoms with E-state index in [9.17, 15) is 4.79 Å². The van der Waals surface area contributed by atoms with Gasteiger partial charge in [0, 0.05) is 35.2 Å². The van der Waals surface area contributed by atoms with Gasteiger partial charge in [-0.15, -0.1) is 0 Å². The van der Waals surface area contributed by atoms with Gasteiger partial charge in [-0.1, -0.05) is 55.0 Å². The summed E-state index contributed by atoms with van der Waals surface area (Å²) in [5.74, 6) is -0.0394. The molecule has 0 fully saturated rings. The van der Waals surface area contributed by atoms with Crippen LogP contribution in [-0.4, -0.2) is 47.0 Å². The molecule has 4 aromatic rings. The van der Waals surface area contributed by atoms with Crippen molar-refractivity contribution < 1.29 is 4.79 Å². The molecular weight excluding hydrogens is 416 g/mol. The lowest BCUT2D eigenvalue weighted by atomic mass is 10.1. The molecule has 0 bridgehead atoms. The Morgan fingerprint density at radius 3 is 2.67 bits per heavy atom. The number of carbonyl (C=O) groups excluding carboxylic acids is 1. The van der Waals surface area contributed by atoms with Gasteiger partial charge in [0.05, 0.1) is 15.8 Å². The number of aryl methyl sites for hydroxylation is 1. The summed E-state index contributed by atoms with van der Waals surface area (Å²) in [6.07, 6.45) is 1.80. The summed E-state index contributed by atoms with van der Waals surface area (Å²) in [5, 5.41) is 2.32. The molecule has 0 aliphatic rings. The molecule has 30 heavy (non-hydrogen) atoms. The molecule has 4 rings (SSSR count). The number of para-hydroxylation sites is 1. The van der Waals surface area contributed by atoms with Crippen LogP contribution in [0.2, 0.25) is 5.02 Å². The molecule has 0 aliphatic heterocycles. The summed E-state index contributed by atoms with van der Waals surface area (Å²) >= 11 is 7.83. The SMILES string of the molecule is CCN(CC)CCN(C(=O)c1c[nH]c2ccccc12)c1nc2c(C)c(Cl)ccc2s1. The highest BCUT2D eigenvalue weighted by molar-refractivity contribution is 7.22. The summed E-state index contributed by atoms with van der Waals surface area (Å²) in [5.41, 5.74) is 3.43. The third-order valence-electron chi connectivity index (χ3n) is 5.57. The van der Waals surface area contributed by atoms with Crippen molar-refractivity contribution in [2.45, 2.75) is 20.8 Å². The van der Waals surface area contributed by atoms with Gasteiger partial charge in [-0.25, -0.2) is 4.98 Å². The van der Waals surface area contributed by atoms with Gasteiger partial charge >= 0.3 is 0 Å². The second-order valence-corrected chi connectivity index (χ2v) is 8.66. The normalized spacial score (nSPS) is 11.6. The van der Waals surface area contributed by atoms with E-state index in [0.29, 0.717) is 22.3 Å². The molecule has 2 aromatic carbocycles. The minimum absolute atomic E-state index is 0.0394. The van der Waals surface area contributed by atoms with E-state index in [1.54, 1.807) is 6.20 Å². The second-order valence-electron chi connectivity index (χ2n) is 7.25. The number of anilines is 1. The monoisotopic (exact) mass is 440 g/mol. The van der Waals surface area contributed by atoms with E-state index in [1.165, 1.54) is 11.3 Å². The number of amides is 1. The molecular formula is C23H25ClN4OS. The highest BCUT2D eigenvalue weighted by Gasteiger charge is 2.24. The molecule has 5 nitrogen and oxygen atoms in total. The minimum Gasteiger partial charge on any atom is -0.360 e. The first-order chi connectivity index (χ1) is 14.5. The molecule has 0 spiro atoms. The van der Waals surface area contributed by atoms with E-state index >= 15 is 0 Å². The van der Waals surface area contributed by atoms with Crippen LogP contribution < -0.4 is 4.90 Å².